The van der Waals surface area contributed by atoms with Crippen molar-refractivity contribution in [3.63, 3.8) is 0 Å². The maximum Gasteiger partial charge on any atom is 0.497 e. The van der Waals surface area contributed by atoms with Gasteiger partial charge in [-0.05, 0) is 93.8 Å². The number of nitrogens with zero attached hydrogens (tertiary/aromatic N) is 1. The number of fused-ring (bicyclic) bond motifs is 1. The number of hydrogen-bond acceptors (Lipinski definition) is 6. The highest BCUT2D eigenvalue weighted by molar-refractivity contribution is 7.80. The molecule has 12 heteroatoms. The summed E-state index contributed by atoms with van der Waals surface area (Å²) in [6, 6.07) is 14.0. The van der Waals surface area contributed by atoms with Gasteiger partial charge in [0.2, 0.25) is 0 Å². The fourth-order valence-corrected chi connectivity index (χ4v) is 6.27. The molecule has 1 unspecified atom stereocenters. The first-order valence-corrected chi connectivity index (χ1v) is 15.9. The summed E-state index contributed by atoms with van der Waals surface area (Å²) >= 11 is -2.66. The molecule has 3 aromatic carbocycles. The van der Waals surface area contributed by atoms with E-state index >= 15 is 4.39 Å². The van der Waals surface area contributed by atoms with Crippen molar-refractivity contribution >= 4 is 46.4 Å². The number of primary amides is 1. The van der Waals surface area contributed by atoms with Crippen molar-refractivity contribution in [1.29, 1.82) is 0 Å². The molecule has 8 nitrogen and oxygen atoms in total. The highest BCUT2D eigenvalue weighted by Crippen LogP contribution is 2.47. The molecule has 1 aromatic heterocycles. The molecule has 1 aliphatic heterocycles. The van der Waals surface area contributed by atoms with E-state index in [0.29, 0.717) is 28.0 Å². The van der Waals surface area contributed by atoms with Crippen LogP contribution in [-0.2, 0) is 33.4 Å². The Morgan fingerprint density at radius 2 is 1.67 bits per heavy atom. The average molecular weight is 636 g/mol. The van der Waals surface area contributed by atoms with Gasteiger partial charge in [-0.3, -0.25) is 9.00 Å². The van der Waals surface area contributed by atoms with Gasteiger partial charge in [-0.15, -0.1) is 0 Å². The Hall–Kier alpha value is -3.58. The molecule has 1 atom stereocenters. The van der Waals surface area contributed by atoms with E-state index in [2.05, 4.69) is 0 Å². The van der Waals surface area contributed by atoms with Crippen LogP contribution < -0.4 is 15.5 Å². The monoisotopic (exact) mass is 635 g/mol. The van der Waals surface area contributed by atoms with Crippen LogP contribution in [0.2, 0.25) is 0 Å². The zero-order valence-electron chi connectivity index (χ0n) is 25.5. The largest absolute Gasteiger partial charge is 0.755 e. The minimum absolute atomic E-state index is 0.0441. The van der Waals surface area contributed by atoms with Gasteiger partial charge in [0, 0.05) is 41.1 Å². The Balaban J connectivity index is 1.29. The van der Waals surface area contributed by atoms with Crippen LogP contribution in [0.15, 0.2) is 59.0 Å². The van der Waals surface area contributed by atoms with Gasteiger partial charge in [0.05, 0.1) is 22.5 Å². The molecule has 2 N–H and O–H groups in total. The summed E-state index contributed by atoms with van der Waals surface area (Å²) in [5, 5.41) is 0.502. The number of carbonyl (C=O) groups excluding carboxylic acids is 1. The highest BCUT2D eigenvalue weighted by Gasteiger charge is 2.52. The van der Waals surface area contributed by atoms with Gasteiger partial charge in [0.25, 0.3) is 5.91 Å². The third-order valence-corrected chi connectivity index (χ3v) is 9.82. The molecule has 2 aliphatic rings. The number of furan rings is 1. The lowest BCUT2D eigenvalue weighted by atomic mass is 9.78. The summed E-state index contributed by atoms with van der Waals surface area (Å²) in [5.41, 5.74) is 7.89. The van der Waals surface area contributed by atoms with Crippen molar-refractivity contribution < 1.29 is 36.1 Å². The number of benzene rings is 3. The SMILES string of the molecule is CC1(C)OB(c2ccc(CCN(c3cc4oc(Cc5ccc(F)cc5)c(C(N)=O)c4cc3C3CC3)S(=O)[O-])cc2F)OC1(C)C. The van der Waals surface area contributed by atoms with Crippen LogP contribution in [0.1, 0.15) is 79.3 Å². The second kappa shape index (κ2) is 11.7. The topological polar surface area (TPSA) is 118 Å². The van der Waals surface area contributed by atoms with Crippen LogP contribution in [-0.4, -0.2) is 39.5 Å². The molecule has 1 amide bonds. The van der Waals surface area contributed by atoms with Gasteiger partial charge in [-0.25, -0.2) is 8.78 Å². The number of nitrogens with two attached hydrogens (primary N) is 1. The summed E-state index contributed by atoms with van der Waals surface area (Å²) in [4.78, 5) is 12.6. The summed E-state index contributed by atoms with van der Waals surface area (Å²) in [6.07, 6.45) is 2.18. The van der Waals surface area contributed by atoms with Crippen LogP contribution in [0.3, 0.4) is 0 Å². The van der Waals surface area contributed by atoms with Crippen LogP contribution in [0.4, 0.5) is 14.5 Å². The van der Waals surface area contributed by atoms with E-state index in [1.165, 1.54) is 22.5 Å². The Morgan fingerprint density at radius 3 is 2.24 bits per heavy atom. The first-order valence-electron chi connectivity index (χ1n) is 14.9. The number of anilines is 1. The summed E-state index contributed by atoms with van der Waals surface area (Å²) in [5.74, 6) is -1.12. The number of amides is 1. The number of hydrogen-bond donors (Lipinski definition) is 1. The van der Waals surface area contributed by atoms with Gasteiger partial charge in [-0.2, -0.15) is 0 Å². The van der Waals surface area contributed by atoms with Gasteiger partial charge in [0.15, 0.2) is 0 Å². The van der Waals surface area contributed by atoms with Crippen LogP contribution in [0.5, 0.6) is 0 Å². The minimum atomic E-state index is -2.66. The molecule has 0 bridgehead atoms. The molecule has 2 fully saturated rings. The number of carbonyl (C=O) groups is 1. The molecule has 2 heterocycles. The fourth-order valence-electron chi connectivity index (χ4n) is 5.71. The maximum absolute atomic E-state index is 15.3. The van der Waals surface area contributed by atoms with E-state index in [1.807, 2.05) is 27.7 Å². The second-order valence-electron chi connectivity index (χ2n) is 12.8. The zero-order valence-corrected chi connectivity index (χ0v) is 26.3. The summed E-state index contributed by atoms with van der Waals surface area (Å²) in [6.45, 7) is 7.63. The number of halogens is 2. The quantitative estimate of drug-likeness (QED) is 0.184. The van der Waals surface area contributed by atoms with Gasteiger partial charge >= 0.3 is 7.12 Å². The minimum Gasteiger partial charge on any atom is -0.755 e. The Labute approximate surface area is 263 Å². The fraction of sp³-hybridized carbons (Fsp3) is 0.364. The van der Waals surface area contributed by atoms with E-state index in [1.54, 1.807) is 36.4 Å². The Morgan fingerprint density at radius 1 is 1.02 bits per heavy atom. The predicted octanol–water partition coefficient (Wildman–Crippen LogP) is 5.42. The molecule has 1 saturated carbocycles. The van der Waals surface area contributed by atoms with E-state index in [0.717, 1.165) is 24.0 Å². The average Bonchev–Trinajstić information content (AvgIpc) is 3.69. The van der Waals surface area contributed by atoms with Crippen molar-refractivity contribution in [2.75, 3.05) is 10.8 Å². The molecule has 1 saturated heterocycles. The second-order valence-corrected chi connectivity index (χ2v) is 13.6. The van der Waals surface area contributed by atoms with Gasteiger partial charge in [-0.1, -0.05) is 24.3 Å². The van der Waals surface area contributed by atoms with Crippen LogP contribution in [0, 0.1) is 11.6 Å². The normalized spacial score (nSPS) is 18.0. The lowest BCUT2D eigenvalue weighted by Gasteiger charge is -2.32. The predicted molar refractivity (Wildman–Crippen MR) is 168 cm³/mol. The van der Waals surface area contributed by atoms with Gasteiger partial charge in [0.1, 0.15) is 23.0 Å². The van der Waals surface area contributed by atoms with E-state index in [9.17, 15) is 17.9 Å². The molecule has 1 aliphatic carbocycles. The third kappa shape index (κ3) is 6.16. The van der Waals surface area contributed by atoms with Crippen molar-refractivity contribution in [2.45, 2.75) is 70.5 Å². The highest BCUT2D eigenvalue weighted by atomic mass is 32.2. The smallest absolute Gasteiger partial charge is 0.497 e. The van der Waals surface area contributed by atoms with Crippen molar-refractivity contribution in [3.05, 3.63) is 94.2 Å². The lowest BCUT2D eigenvalue weighted by Crippen LogP contribution is -2.41. The van der Waals surface area contributed by atoms with Gasteiger partial charge < -0.3 is 28.3 Å². The first kappa shape index (κ1) is 31.4. The van der Waals surface area contributed by atoms with E-state index in [4.69, 9.17) is 19.5 Å². The molecule has 4 aromatic rings. The van der Waals surface area contributed by atoms with E-state index in [-0.39, 0.29) is 42.1 Å². The Bertz CT molecular complexity index is 1790. The van der Waals surface area contributed by atoms with Crippen LogP contribution >= 0.6 is 0 Å². The standard InChI is InChI=1S/C33H35BF2N2O6S/c1-32(2)33(3,4)44-34(43-32)25-12-7-20(15-26(25)36)13-14-38(45(40)41)27-18-28-24(17-23(27)21-8-9-21)30(31(37)39)29(42-28)16-19-5-10-22(35)11-6-19/h5-7,10-12,15,17-18,21H,8-9,13-14,16H2,1-4H3,(H2,37,39)(H,40,41)/p-1. The zero-order chi connectivity index (χ0) is 32.3. The first-order chi connectivity index (χ1) is 21.2. The number of rotatable bonds is 10. The maximum atomic E-state index is 15.3. The molecular formula is C33H34BF2N2O6S-. The van der Waals surface area contributed by atoms with Crippen molar-refractivity contribution in [2.24, 2.45) is 5.73 Å². The van der Waals surface area contributed by atoms with Crippen LogP contribution in [0.25, 0.3) is 11.0 Å². The molecule has 236 valence electrons. The molecule has 45 heavy (non-hydrogen) atoms. The lowest BCUT2D eigenvalue weighted by molar-refractivity contribution is 0.00578. The molecular weight excluding hydrogens is 601 g/mol. The third-order valence-electron chi connectivity index (χ3n) is 9.08. The summed E-state index contributed by atoms with van der Waals surface area (Å²) < 4.78 is 73.3. The van der Waals surface area contributed by atoms with Crippen molar-refractivity contribution in [3.8, 4) is 0 Å². The molecule has 0 spiro atoms. The van der Waals surface area contributed by atoms with E-state index < -0.39 is 41.3 Å². The summed E-state index contributed by atoms with van der Waals surface area (Å²) in [7, 11) is -0.853. The molecule has 6 rings (SSSR count). The Kier molecular flexibility index (Phi) is 8.13. The molecule has 0 radical (unpaired) electrons. The van der Waals surface area contributed by atoms with Crippen molar-refractivity contribution in [1.82, 2.24) is 0 Å².